The lowest BCUT2D eigenvalue weighted by atomic mass is 10.1. The molecule has 1 atom stereocenters. The number of hydrogen-bond acceptors (Lipinski definition) is 6. The number of aryl methyl sites for hydroxylation is 1. The van der Waals surface area contributed by atoms with Gasteiger partial charge in [0.05, 0.1) is 19.8 Å². The predicted octanol–water partition coefficient (Wildman–Crippen LogP) is 3.21. The molecule has 6 nitrogen and oxygen atoms in total. The average molecular weight is 345 g/mol. The van der Waals surface area contributed by atoms with Gasteiger partial charge >= 0.3 is 0 Å². The van der Waals surface area contributed by atoms with E-state index >= 15 is 0 Å². The van der Waals surface area contributed by atoms with Crippen LogP contribution in [0.1, 0.15) is 43.5 Å². The zero-order valence-corrected chi connectivity index (χ0v) is 15.1. The number of hydrogen-bond donors (Lipinski definition) is 0. The second-order valence-electron chi connectivity index (χ2n) is 6.47. The van der Waals surface area contributed by atoms with Gasteiger partial charge in [0.25, 0.3) is 0 Å². The van der Waals surface area contributed by atoms with Gasteiger partial charge in [-0.15, -0.1) is 0 Å². The molecule has 1 aromatic carbocycles. The maximum Gasteiger partial charge on any atom is 0.240 e. The summed E-state index contributed by atoms with van der Waals surface area (Å²) in [5.41, 5.74) is 1.15. The molecule has 0 radical (unpaired) electrons. The Balaban J connectivity index is 1.71. The molecular weight excluding hydrogens is 318 g/mol. The lowest BCUT2D eigenvalue weighted by molar-refractivity contribution is 0.0637. The third-order valence-corrected chi connectivity index (χ3v) is 4.41. The van der Waals surface area contributed by atoms with E-state index in [2.05, 4.69) is 28.0 Å². The van der Waals surface area contributed by atoms with Crippen LogP contribution in [-0.2, 0) is 24.2 Å². The zero-order valence-electron chi connectivity index (χ0n) is 15.1. The Bertz CT molecular complexity index is 653. The number of benzene rings is 1. The van der Waals surface area contributed by atoms with Crippen LogP contribution in [0.4, 0.5) is 0 Å². The van der Waals surface area contributed by atoms with Gasteiger partial charge in [0.2, 0.25) is 5.89 Å². The van der Waals surface area contributed by atoms with Crippen LogP contribution in [0, 0.1) is 0 Å². The molecule has 3 rings (SSSR count). The van der Waals surface area contributed by atoms with Crippen LogP contribution in [0.2, 0.25) is 0 Å². The number of ether oxygens (including phenoxy) is 2. The molecule has 0 spiro atoms. The van der Waals surface area contributed by atoms with Crippen LogP contribution in [0.3, 0.4) is 0 Å². The van der Waals surface area contributed by atoms with E-state index in [1.165, 1.54) is 0 Å². The monoisotopic (exact) mass is 345 g/mol. The van der Waals surface area contributed by atoms with Crippen molar-refractivity contribution in [1.29, 1.82) is 0 Å². The molecule has 1 aromatic heterocycles. The van der Waals surface area contributed by atoms with Crippen LogP contribution in [0.15, 0.2) is 28.8 Å². The number of para-hydroxylation sites is 1. The first-order chi connectivity index (χ1) is 12.3. The van der Waals surface area contributed by atoms with E-state index in [-0.39, 0.29) is 6.10 Å². The van der Waals surface area contributed by atoms with Crippen molar-refractivity contribution in [3.05, 3.63) is 41.5 Å². The van der Waals surface area contributed by atoms with Gasteiger partial charge in [0.1, 0.15) is 5.75 Å². The molecule has 2 aromatic rings. The van der Waals surface area contributed by atoms with E-state index in [1.54, 1.807) is 7.11 Å². The molecule has 2 heterocycles. The summed E-state index contributed by atoms with van der Waals surface area (Å²) in [5, 5.41) is 4.06. The summed E-state index contributed by atoms with van der Waals surface area (Å²) >= 11 is 0. The number of rotatable bonds is 9. The fraction of sp³-hybridized carbons (Fsp3) is 0.579. The normalized spacial score (nSPS) is 17.3. The molecule has 0 unspecified atom stereocenters. The Morgan fingerprint density at radius 2 is 2.16 bits per heavy atom. The van der Waals surface area contributed by atoms with Gasteiger partial charge in [-0.1, -0.05) is 30.3 Å². The molecule has 25 heavy (non-hydrogen) atoms. The summed E-state index contributed by atoms with van der Waals surface area (Å²) < 4.78 is 16.7. The van der Waals surface area contributed by atoms with E-state index in [0.717, 1.165) is 62.5 Å². The SMILES string of the molecule is CCCc1noc(CN(Cc2ccccc2OC)C[C@@H]2CCCO2)n1. The van der Waals surface area contributed by atoms with E-state index in [9.17, 15) is 0 Å². The van der Waals surface area contributed by atoms with Crippen molar-refractivity contribution in [2.75, 3.05) is 20.3 Å². The van der Waals surface area contributed by atoms with Crippen LogP contribution < -0.4 is 4.74 Å². The van der Waals surface area contributed by atoms with Gasteiger partial charge in [-0.2, -0.15) is 4.98 Å². The first-order valence-electron chi connectivity index (χ1n) is 9.05. The molecule has 0 aliphatic carbocycles. The predicted molar refractivity (Wildman–Crippen MR) is 94.4 cm³/mol. The summed E-state index contributed by atoms with van der Waals surface area (Å²) in [7, 11) is 1.71. The topological polar surface area (TPSA) is 60.6 Å². The molecule has 0 amide bonds. The van der Waals surface area contributed by atoms with Crippen molar-refractivity contribution in [3.63, 3.8) is 0 Å². The fourth-order valence-electron chi connectivity index (χ4n) is 3.21. The summed E-state index contributed by atoms with van der Waals surface area (Å²) in [6.45, 7) is 5.20. The molecule has 136 valence electrons. The van der Waals surface area contributed by atoms with Gasteiger partial charge in [-0.3, -0.25) is 4.90 Å². The fourth-order valence-corrected chi connectivity index (χ4v) is 3.21. The molecular formula is C19H27N3O3. The average Bonchev–Trinajstić information content (AvgIpc) is 3.28. The Morgan fingerprint density at radius 3 is 2.92 bits per heavy atom. The lowest BCUT2D eigenvalue weighted by Crippen LogP contribution is -2.31. The van der Waals surface area contributed by atoms with Crippen LogP contribution >= 0.6 is 0 Å². The van der Waals surface area contributed by atoms with Gasteiger partial charge in [-0.25, -0.2) is 0 Å². The minimum absolute atomic E-state index is 0.271. The second-order valence-corrected chi connectivity index (χ2v) is 6.47. The lowest BCUT2D eigenvalue weighted by Gasteiger charge is -2.24. The Hall–Kier alpha value is -1.92. The Kier molecular flexibility index (Phi) is 6.42. The molecule has 0 N–H and O–H groups in total. The second kappa shape index (κ2) is 8.97. The van der Waals surface area contributed by atoms with Crippen molar-refractivity contribution >= 4 is 0 Å². The highest BCUT2D eigenvalue weighted by Crippen LogP contribution is 2.22. The van der Waals surface area contributed by atoms with E-state index < -0.39 is 0 Å². The molecule has 0 bridgehead atoms. The van der Waals surface area contributed by atoms with Crippen molar-refractivity contribution in [3.8, 4) is 5.75 Å². The molecule has 1 aliphatic rings. The van der Waals surface area contributed by atoms with Crippen molar-refractivity contribution < 1.29 is 14.0 Å². The van der Waals surface area contributed by atoms with Gasteiger partial charge in [0, 0.05) is 31.7 Å². The summed E-state index contributed by atoms with van der Waals surface area (Å²) in [4.78, 5) is 6.81. The van der Waals surface area contributed by atoms with E-state index in [4.69, 9.17) is 14.0 Å². The largest absolute Gasteiger partial charge is 0.496 e. The molecule has 1 aliphatic heterocycles. The van der Waals surface area contributed by atoms with Crippen molar-refractivity contribution in [1.82, 2.24) is 15.0 Å². The Morgan fingerprint density at radius 1 is 1.28 bits per heavy atom. The highest BCUT2D eigenvalue weighted by molar-refractivity contribution is 5.33. The first-order valence-corrected chi connectivity index (χ1v) is 9.05. The zero-order chi connectivity index (χ0) is 17.5. The minimum Gasteiger partial charge on any atom is -0.496 e. The maximum atomic E-state index is 5.82. The first kappa shape index (κ1) is 17.9. The highest BCUT2D eigenvalue weighted by Gasteiger charge is 2.22. The van der Waals surface area contributed by atoms with Gasteiger partial charge < -0.3 is 14.0 Å². The standard InChI is InChI=1S/C19H27N3O3/c1-3-7-18-20-19(25-21-18)14-22(13-16-9-6-11-24-16)12-15-8-4-5-10-17(15)23-2/h4-5,8,10,16H,3,6-7,9,11-14H2,1-2H3/t16-/m0/s1. The summed E-state index contributed by atoms with van der Waals surface area (Å²) in [6, 6.07) is 8.11. The number of methoxy groups -OCH3 is 1. The van der Waals surface area contributed by atoms with Crippen LogP contribution in [-0.4, -0.2) is 41.4 Å². The molecule has 1 fully saturated rings. The summed E-state index contributed by atoms with van der Waals surface area (Å²) in [5.74, 6) is 2.35. The van der Waals surface area contributed by atoms with E-state index in [1.807, 2.05) is 18.2 Å². The van der Waals surface area contributed by atoms with Crippen LogP contribution in [0.5, 0.6) is 5.75 Å². The van der Waals surface area contributed by atoms with Crippen molar-refractivity contribution in [2.45, 2.75) is 51.8 Å². The maximum absolute atomic E-state index is 5.82. The highest BCUT2D eigenvalue weighted by atomic mass is 16.5. The van der Waals surface area contributed by atoms with Gasteiger partial charge in [0.15, 0.2) is 5.82 Å². The summed E-state index contributed by atoms with van der Waals surface area (Å²) in [6.07, 6.45) is 4.37. The van der Waals surface area contributed by atoms with E-state index in [0.29, 0.717) is 12.4 Å². The number of aromatic nitrogens is 2. The third-order valence-electron chi connectivity index (χ3n) is 4.41. The smallest absolute Gasteiger partial charge is 0.240 e. The number of nitrogens with zero attached hydrogens (tertiary/aromatic N) is 3. The Labute approximate surface area is 149 Å². The molecule has 1 saturated heterocycles. The van der Waals surface area contributed by atoms with Crippen LogP contribution in [0.25, 0.3) is 0 Å². The molecule has 0 saturated carbocycles. The van der Waals surface area contributed by atoms with Gasteiger partial charge in [-0.05, 0) is 25.3 Å². The minimum atomic E-state index is 0.271. The third kappa shape index (κ3) is 5.03. The van der Waals surface area contributed by atoms with Crippen molar-refractivity contribution in [2.24, 2.45) is 0 Å². The quantitative estimate of drug-likeness (QED) is 0.695. The molecule has 6 heteroatoms.